The molecule has 2 rings (SSSR count). The number of methoxy groups -OCH3 is 1. The van der Waals surface area contributed by atoms with Gasteiger partial charge in [0.05, 0.1) is 6.61 Å². The number of hydrogen-bond donors (Lipinski definition) is 1. The molecule has 0 spiro atoms. The van der Waals surface area contributed by atoms with Gasteiger partial charge in [-0.2, -0.15) is 0 Å². The van der Waals surface area contributed by atoms with E-state index in [1.165, 1.54) is 38.8 Å². The fourth-order valence-corrected chi connectivity index (χ4v) is 3.57. The highest BCUT2D eigenvalue weighted by Gasteiger charge is 2.47. The normalized spacial score (nSPS) is 36.8. The maximum Gasteiger partial charge on any atom is 0.0534 e. The Balaban J connectivity index is 2.02. The highest BCUT2D eigenvalue weighted by molar-refractivity contribution is 4.98. The summed E-state index contributed by atoms with van der Waals surface area (Å²) in [5, 5.41) is 0. The molecule has 2 atom stereocenters. The SMILES string of the molecule is COC[C@@]12CCCC[C@@H]1CN(CCN)C2. The Hall–Kier alpha value is -0.120. The monoisotopic (exact) mass is 212 g/mol. The van der Waals surface area contributed by atoms with Gasteiger partial charge in [0.25, 0.3) is 0 Å². The van der Waals surface area contributed by atoms with Crippen molar-refractivity contribution in [2.45, 2.75) is 25.7 Å². The van der Waals surface area contributed by atoms with Crippen molar-refractivity contribution >= 4 is 0 Å². The van der Waals surface area contributed by atoms with E-state index >= 15 is 0 Å². The Bertz CT molecular complexity index is 206. The van der Waals surface area contributed by atoms with Crippen molar-refractivity contribution in [3.63, 3.8) is 0 Å². The van der Waals surface area contributed by atoms with Crippen LogP contribution in [0, 0.1) is 11.3 Å². The third-order valence-corrected chi connectivity index (χ3v) is 4.24. The van der Waals surface area contributed by atoms with Crippen LogP contribution in [0.2, 0.25) is 0 Å². The van der Waals surface area contributed by atoms with Crippen LogP contribution in [0.4, 0.5) is 0 Å². The summed E-state index contributed by atoms with van der Waals surface area (Å²) in [6.07, 6.45) is 5.54. The number of fused-ring (bicyclic) bond motifs is 1. The van der Waals surface area contributed by atoms with Gasteiger partial charge in [-0.1, -0.05) is 12.8 Å². The zero-order valence-corrected chi connectivity index (χ0v) is 9.87. The molecule has 3 nitrogen and oxygen atoms in total. The molecule has 0 radical (unpaired) electrons. The van der Waals surface area contributed by atoms with Gasteiger partial charge in [-0.25, -0.2) is 0 Å². The van der Waals surface area contributed by atoms with Gasteiger partial charge in [-0.05, 0) is 18.8 Å². The predicted octanol–water partition coefficient (Wildman–Crippen LogP) is 1.08. The lowest BCUT2D eigenvalue weighted by atomic mass is 9.69. The second-order valence-corrected chi connectivity index (χ2v) is 5.26. The van der Waals surface area contributed by atoms with Crippen LogP contribution in [-0.2, 0) is 4.74 Å². The minimum atomic E-state index is 0.460. The van der Waals surface area contributed by atoms with Crippen molar-refractivity contribution in [3.8, 4) is 0 Å². The fraction of sp³-hybridized carbons (Fsp3) is 1.00. The van der Waals surface area contributed by atoms with Crippen molar-refractivity contribution in [1.82, 2.24) is 4.90 Å². The summed E-state index contributed by atoms with van der Waals surface area (Å²) < 4.78 is 5.45. The van der Waals surface area contributed by atoms with Gasteiger partial charge in [0, 0.05) is 38.7 Å². The number of rotatable bonds is 4. The lowest BCUT2D eigenvalue weighted by molar-refractivity contribution is 0.0299. The smallest absolute Gasteiger partial charge is 0.0534 e. The topological polar surface area (TPSA) is 38.5 Å². The summed E-state index contributed by atoms with van der Waals surface area (Å²) in [5.74, 6) is 0.859. The first-order valence-electron chi connectivity index (χ1n) is 6.22. The van der Waals surface area contributed by atoms with Gasteiger partial charge >= 0.3 is 0 Å². The molecule has 2 aliphatic rings. The number of ether oxygens (including phenoxy) is 1. The van der Waals surface area contributed by atoms with Crippen molar-refractivity contribution in [1.29, 1.82) is 0 Å². The van der Waals surface area contributed by atoms with E-state index in [2.05, 4.69) is 4.90 Å². The van der Waals surface area contributed by atoms with Crippen molar-refractivity contribution in [3.05, 3.63) is 0 Å². The van der Waals surface area contributed by atoms with E-state index in [0.717, 1.165) is 25.6 Å². The van der Waals surface area contributed by atoms with E-state index < -0.39 is 0 Å². The van der Waals surface area contributed by atoms with Crippen LogP contribution in [0.1, 0.15) is 25.7 Å². The molecule has 0 amide bonds. The second kappa shape index (κ2) is 4.81. The first kappa shape index (κ1) is 11.4. The summed E-state index contributed by atoms with van der Waals surface area (Å²) in [6.45, 7) is 5.25. The van der Waals surface area contributed by atoms with Gasteiger partial charge in [-0.15, -0.1) is 0 Å². The summed E-state index contributed by atoms with van der Waals surface area (Å²) in [5.41, 5.74) is 6.10. The first-order chi connectivity index (χ1) is 7.30. The molecule has 0 unspecified atom stereocenters. The van der Waals surface area contributed by atoms with Crippen molar-refractivity contribution in [2.75, 3.05) is 39.9 Å². The van der Waals surface area contributed by atoms with Crippen molar-refractivity contribution < 1.29 is 4.74 Å². The Labute approximate surface area is 93.0 Å². The van der Waals surface area contributed by atoms with E-state index in [-0.39, 0.29) is 0 Å². The third-order valence-electron chi connectivity index (χ3n) is 4.24. The molecule has 88 valence electrons. The lowest BCUT2D eigenvalue weighted by Crippen LogP contribution is -2.38. The molecule has 0 aromatic rings. The standard InChI is InChI=1S/C12H24N2O/c1-15-10-12-5-3-2-4-11(12)8-14(9-12)7-6-13/h11H,2-10,13H2,1H3/t11-,12+/m1/s1. The van der Waals surface area contributed by atoms with Crippen LogP contribution >= 0.6 is 0 Å². The quantitative estimate of drug-likeness (QED) is 0.758. The van der Waals surface area contributed by atoms with E-state index in [1.54, 1.807) is 0 Å². The van der Waals surface area contributed by atoms with E-state index in [4.69, 9.17) is 10.5 Å². The van der Waals surface area contributed by atoms with E-state index in [1.807, 2.05) is 7.11 Å². The second-order valence-electron chi connectivity index (χ2n) is 5.26. The van der Waals surface area contributed by atoms with E-state index in [9.17, 15) is 0 Å². The molecule has 1 aliphatic heterocycles. The van der Waals surface area contributed by atoms with Crippen LogP contribution in [0.5, 0.6) is 0 Å². The number of nitrogens with zero attached hydrogens (tertiary/aromatic N) is 1. The molecule has 1 heterocycles. The molecule has 1 saturated heterocycles. The average molecular weight is 212 g/mol. The molecule has 1 saturated carbocycles. The number of likely N-dealkylation sites (tertiary alicyclic amines) is 1. The number of nitrogens with two attached hydrogens (primary N) is 1. The molecule has 3 heteroatoms. The Morgan fingerprint density at radius 2 is 2.33 bits per heavy atom. The van der Waals surface area contributed by atoms with Gasteiger partial charge in [0.1, 0.15) is 0 Å². The van der Waals surface area contributed by atoms with Crippen LogP contribution in [0.3, 0.4) is 0 Å². The van der Waals surface area contributed by atoms with Gasteiger partial charge in [0.15, 0.2) is 0 Å². The lowest BCUT2D eigenvalue weighted by Gasteiger charge is -2.38. The number of hydrogen-bond acceptors (Lipinski definition) is 3. The van der Waals surface area contributed by atoms with Gasteiger partial charge in [-0.3, -0.25) is 0 Å². The largest absolute Gasteiger partial charge is 0.384 e. The third kappa shape index (κ3) is 2.19. The molecule has 2 N–H and O–H groups in total. The summed E-state index contributed by atoms with van der Waals surface area (Å²) >= 11 is 0. The average Bonchev–Trinajstić information content (AvgIpc) is 2.56. The Kier molecular flexibility index (Phi) is 3.65. The molecule has 0 aromatic carbocycles. The minimum absolute atomic E-state index is 0.460. The zero-order chi connectivity index (χ0) is 10.7. The highest BCUT2D eigenvalue weighted by Crippen LogP contribution is 2.46. The van der Waals surface area contributed by atoms with Crippen LogP contribution in [-0.4, -0.2) is 44.8 Å². The molecular weight excluding hydrogens is 188 g/mol. The van der Waals surface area contributed by atoms with Gasteiger partial charge in [0.2, 0.25) is 0 Å². The Morgan fingerprint density at radius 1 is 1.47 bits per heavy atom. The molecular formula is C12H24N2O. The first-order valence-corrected chi connectivity index (χ1v) is 6.22. The molecule has 15 heavy (non-hydrogen) atoms. The maximum absolute atomic E-state index is 5.64. The van der Waals surface area contributed by atoms with Crippen LogP contribution in [0.25, 0.3) is 0 Å². The molecule has 0 aromatic heterocycles. The van der Waals surface area contributed by atoms with Gasteiger partial charge < -0.3 is 15.4 Å². The zero-order valence-electron chi connectivity index (χ0n) is 9.87. The summed E-state index contributed by atoms with van der Waals surface area (Å²) in [4.78, 5) is 2.54. The molecule has 0 bridgehead atoms. The maximum atomic E-state index is 5.64. The fourth-order valence-electron chi connectivity index (χ4n) is 3.57. The summed E-state index contributed by atoms with van der Waals surface area (Å²) in [7, 11) is 1.84. The van der Waals surface area contributed by atoms with Crippen LogP contribution < -0.4 is 5.73 Å². The highest BCUT2D eigenvalue weighted by atomic mass is 16.5. The van der Waals surface area contributed by atoms with Crippen LogP contribution in [0.15, 0.2) is 0 Å². The Morgan fingerprint density at radius 3 is 3.07 bits per heavy atom. The summed E-state index contributed by atoms with van der Waals surface area (Å²) in [6, 6.07) is 0. The molecule has 1 aliphatic carbocycles. The van der Waals surface area contributed by atoms with E-state index in [0.29, 0.717) is 5.41 Å². The minimum Gasteiger partial charge on any atom is -0.384 e. The predicted molar refractivity (Wildman–Crippen MR) is 61.8 cm³/mol. The van der Waals surface area contributed by atoms with Crippen molar-refractivity contribution in [2.24, 2.45) is 17.1 Å². The molecule has 2 fully saturated rings.